The molecule has 0 saturated carbocycles. The fourth-order valence-electron chi connectivity index (χ4n) is 1.65. The zero-order valence-corrected chi connectivity index (χ0v) is 12.1. The van der Waals surface area contributed by atoms with Crippen molar-refractivity contribution in [1.82, 2.24) is 4.98 Å². The molecular formula is C13H24N2OS. The number of methoxy groups -OCH3 is 1. The van der Waals surface area contributed by atoms with Gasteiger partial charge in [-0.25, -0.2) is 4.98 Å². The van der Waals surface area contributed by atoms with Gasteiger partial charge in [0, 0.05) is 18.5 Å². The molecule has 0 aliphatic carbocycles. The molecule has 1 aromatic heterocycles. The standard InChI is InChI=1S/C13H24N2OS/c1-5-7-8-10(14)11-9-17-12(15-11)13(3,6-2)16-4/h9-10H,5-8,14H2,1-4H3. The maximum Gasteiger partial charge on any atom is 0.125 e. The Kier molecular flexibility index (Phi) is 5.56. The van der Waals surface area contributed by atoms with E-state index in [1.54, 1.807) is 18.4 Å². The first kappa shape index (κ1) is 14.6. The van der Waals surface area contributed by atoms with Gasteiger partial charge in [-0.15, -0.1) is 11.3 Å². The molecule has 0 radical (unpaired) electrons. The van der Waals surface area contributed by atoms with Crippen molar-refractivity contribution in [2.24, 2.45) is 5.73 Å². The summed E-state index contributed by atoms with van der Waals surface area (Å²) >= 11 is 1.65. The Labute approximate surface area is 108 Å². The van der Waals surface area contributed by atoms with Gasteiger partial charge in [0.1, 0.15) is 10.6 Å². The third-order valence-corrected chi connectivity index (χ3v) is 4.45. The molecule has 3 nitrogen and oxygen atoms in total. The van der Waals surface area contributed by atoms with Gasteiger partial charge in [0.05, 0.1) is 5.69 Å². The van der Waals surface area contributed by atoms with Crippen molar-refractivity contribution in [3.8, 4) is 0 Å². The molecule has 0 bridgehead atoms. The van der Waals surface area contributed by atoms with Crippen molar-refractivity contribution < 1.29 is 4.74 Å². The molecule has 1 aromatic rings. The molecule has 2 N–H and O–H groups in total. The van der Waals surface area contributed by atoms with Crippen LogP contribution >= 0.6 is 11.3 Å². The Hall–Kier alpha value is -0.450. The van der Waals surface area contributed by atoms with E-state index < -0.39 is 0 Å². The third kappa shape index (κ3) is 3.50. The molecule has 98 valence electrons. The first-order valence-corrected chi connectivity index (χ1v) is 7.22. The molecule has 2 atom stereocenters. The van der Waals surface area contributed by atoms with Crippen molar-refractivity contribution in [2.45, 2.75) is 58.1 Å². The van der Waals surface area contributed by atoms with Gasteiger partial charge in [-0.1, -0.05) is 26.7 Å². The number of nitrogens with two attached hydrogens (primary N) is 1. The number of unbranched alkanes of at least 4 members (excludes halogenated alkanes) is 1. The second kappa shape index (κ2) is 6.47. The normalized spacial score (nSPS) is 16.8. The Morgan fingerprint density at radius 2 is 2.24 bits per heavy atom. The van der Waals surface area contributed by atoms with E-state index in [0.29, 0.717) is 0 Å². The van der Waals surface area contributed by atoms with Crippen LogP contribution in [0.15, 0.2) is 5.38 Å². The lowest BCUT2D eigenvalue weighted by atomic mass is 10.0. The van der Waals surface area contributed by atoms with Crippen LogP contribution in [0.3, 0.4) is 0 Å². The molecule has 0 spiro atoms. The summed E-state index contributed by atoms with van der Waals surface area (Å²) in [5.41, 5.74) is 6.86. The molecule has 0 aromatic carbocycles. The molecule has 2 unspecified atom stereocenters. The Morgan fingerprint density at radius 3 is 2.76 bits per heavy atom. The maximum absolute atomic E-state index is 6.12. The molecule has 17 heavy (non-hydrogen) atoms. The van der Waals surface area contributed by atoms with E-state index in [9.17, 15) is 0 Å². The van der Waals surface area contributed by atoms with Crippen LogP contribution in [0.5, 0.6) is 0 Å². The van der Waals surface area contributed by atoms with Crippen LogP contribution in [0.25, 0.3) is 0 Å². The minimum atomic E-state index is -0.270. The predicted molar refractivity (Wildman–Crippen MR) is 73.2 cm³/mol. The minimum absolute atomic E-state index is 0.0675. The summed E-state index contributed by atoms with van der Waals surface area (Å²) in [7, 11) is 1.74. The molecule has 0 fully saturated rings. The lowest BCUT2D eigenvalue weighted by Gasteiger charge is -2.23. The average Bonchev–Trinajstić information content (AvgIpc) is 2.85. The highest BCUT2D eigenvalue weighted by molar-refractivity contribution is 7.09. The zero-order chi connectivity index (χ0) is 12.9. The van der Waals surface area contributed by atoms with Crippen LogP contribution in [-0.4, -0.2) is 12.1 Å². The van der Waals surface area contributed by atoms with E-state index in [1.165, 1.54) is 6.42 Å². The van der Waals surface area contributed by atoms with E-state index in [-0.39, 0.29) is 11.6 Å². The average molecular weight is 256 g/mol. The number of hydrogen-bond acceptors (Lipinski definition) is 4. The summed E-state index contributed by atoms with van der Waals surface area (Å²) in [4.78, 5) is 4.65. The lowest BCUT2D eigenvalue weighted by molar-refractivity contribution is -0.00170. The summed E-state index contributed by atoms with van der Waals surface area (Å²) in [5.74, 6) is 0. The van der Waals surface area contributed by atoms with Gasteiger partial charge in [-0.05, 0) is 19.8 Å². The van der Waals surface area contributed by atoms with Gasteiger partial charge < -0.3 is 10.5 Å². The minimum Gasteiger partial charge on any atom is -0.371 e. The number of ether oxygens (including phenoxy) is 1. The summed E-state index contributed by atoms with van der Waals surface area (Å²) in [6.45, 7) is 6.37. The SMILES string of the molecule is CCCCC(N)c1csc(C(C)(CC)OC)n1. The summed E-state index contributed by atoms with van der Waals surface area (Å²) in [6.07, 6.45) is 4.26. The molecule has 4 heteroatoms. The number of thiazole rings is 1. The Bertz CT molecular complexity index is 334. The van der Waals surface area contributed by atoms with Crippen LogP contribution in [-0.2, 0) is 10.3 Å². The molecule has 0 amide bonds. The monoisotopic (exact) mass is 256 g/mol. The largest absolute Gasteiger partial charge is 0.371 e. The van der Waals surface area contributed by atoms with E-state index in [1.807, 2.05) is 0 Å². The van der Waals surface area contributed by atoms with Crippen LogP contribution < -0.4 is 5.73 Å². The van der Waals surface area contributed by atoms with Crippen molar-refractivity contribution in [2.75, 3.05) is 7.11 Å². The fraction of sp³-hybridized carbons (Fsp3) is 0.769. The van der Waals surface area contributed by atoms with Crippen LogP contribution in [0.1, 0.15) is 63.2 Å². The highest BCUT2D eigenvalue weighted by Gasteiger charge is 2.28. The van der Waals surface area contributed by atoms with Gasteiger partial charge in [0.25, 0.3) is 0 Å². The first-order valence-electron chi connectivity index (χ1n) is 6.34. The van der Waals surface area contributed by atoms with Crippen molar-refractivity contribution in [3.05, 3.63) is 16.1 Å². The molecule has 0 aliphatic heterocycles. The second-order valence-electron chi connectivity index (χ2n) is 4.61. The van der Waals surface area contributed by atoms with E-state index in [2.05, 4.69) is 31.1 Å². The lowest BCUT2D eigenvalue weighted by Crippen LogP contribution is -2.23. The molecular weight excluding hydrogens is 232 g/mol. The van der Waals surface area contributed by atoms with Gasteiger partial charge in [-0.3, -0.25) is 0 Å². The van der Waals surface area contributed by atoms with Crippen LogP contribution in [0.4, 0.5) is 0 Å². The fourth-order valence-corrected chi connectivity index (χ4v) is 2.75. The molecule has 1 rings (SSSR count). The van der Waals surface area contributed by atoms with Crippen LogP contribution in [0, 0.1) is 0 Å². The van der Waals surface area contributed by atoms with E-state index in [4.69, 9.17) is 10.5 Å². The summed E-state index contributed by atoms with van der Waals surface area (Å²) in [5, 5.41) is 3.10. The quantitative estimate of drug-likeness (QED) is 0.810. The Balaban J connectivity index is 2.77. The highest BCUT2D eigenvalue weighted by Crippen LogP contribution is 2.32. The summed E-state index contributed by atoms with van der Waals surface area (Å²) in [6, 6.07) is 0.0675. The van der Waals surface area contributed by atoms with Crippen molar-refractivity contribution in [1.29, 1.82) is 0 Å². The van der Waals surface area contributed by atoms with E-state index in [0.717, 1.165) is 30.0 Å². The van der Waals surface area contributed by atoms with Gasteiger partial charge in [-0.2, -0.15) is 0 Å². The predicted octanol–water partition coefficient (Wildman–Crippen LogP) is 3.60. The summed E-state index contributed by atoms with van der Waals surface area (Å²) < 4.78 is 5.55. The van der Waals surface area contributed by atoms with Crippen molar-refractivity contribution in [3.63, 3.8) is 0 Å². The molecule has 0 aliphatic rings. The number of hydrogen-bond donors (Lipinski definition) is 1. The van der Waals surface area contributed by atoms with Gasteiger partial charge in [0.15, 0.2) is 0 Å². The maximum atomic E-state index is 6.12. The smallest absolute Gasteiger partial charge is 0.125 e. The highest BCUT2D eigenvalue weighted by atomic mass is 32.1. The zero-order valence-electron chi connectivity index (χ0n) is 11.3. The topological polar surface area (TPSA) is 48.1 Å². The number of rotatable bonds is 7. The second-order valence-corrected chi connectivity index (χ2v) is 5.47. The van der Waals surface area contributed by atoms with Crippen LogP contribution in [0.2, 0.25) is 0 Å². The molecule has 1 heterocycles. The first-order chi connectivity index (χ1) is 8.07. The molecule has 0 saturated heterocycles. The third-order valence-electron chi connectivity index (χ3n) is 3.35. The van der Waals surface area contributed by atoms with E-state index >= 15 is 0 Å². The Morgan fingerprint density at radius 1 is 1.53 bits per heavy atom. The van der Waals surface area contributed by atoms with Crippen molar-refractivity contribution >= 4 is 11.3 Å². The number of aromatic nitrogens is 1. The number of nitrogens with zero attached hydrogens (tertiary/aromatic N) is 1. The van der Waals surface area contributed by atoms with Gasteiger partial charge in [0.2, 0.25) is 0 Å². The van der Waals surface area contributed by atoms with Gasteiger partial charge >= 0.3 is 0 Å².